The Bertz CT molecular complexity index is 908. The first kappa shape index (κ1) is 20.3. The SMILES string of the molecule is CCC(=O)c1ccc(OCC(=O)N2CCCC2c2ccc3c(c2)OCCCO3)cc1. The second-order valence-corrected chi connectivity index (χ2v) is 7.59. The summed E-state index contributed by atoms with van der Waals surface area (Å²) < 4.78 is 17.2. The van der Waals surface area contributed by atoms with Crippen molar-refractivity contribution in [2.45, 2.75) is 38.6 Å². The summed E-state index contributed by atoms with van der Waals surface area (Å²) in [5.41, 5.74) is 1.72. The molecular weight excluding hydrogens is 382 g/mol. The van der Waals surface area contributed by atoms with Gasteiger partial charge in [0.2, 0.25) is 0 Å². The van der Waals surface area contributed by atoms with Crippen LogP contribution in [0, 0.1) is 0 Å². The van der Waals surface area contributed by atoms with Crippen LogP contribution in [0.25, 0.3) is 0 Å². The number of nitrogens with zero attached hydrogens (tertiary/aromatic N) is 1. The number of carbonyl (C=O) groups is 2. The predicted molar refractivity (Wildman–Crippen MR) is 112 cm³/mol. The van der Waals surface area contributed by atoms with Crippen molar-refractivity contribution in [3.8, 4) is 17.2 Å². The van der Waals surface area contributed by atoms with E-state index in [0.717, 1.165) is 36.3 Å². The fourth-order valence-corrected chi connectivity index (χ4v) is 3.97. The smallest absolute Gasteiger partial charge is 0.261 e. The van der Waals surface area contributed by atoms with Gasteiger partial charge in [-0.15, -0.1) is 0 Å². The van der Waals surface area contributed by atoms with Crippen LogP contribution < -0.4 is 14.2 Å². The van der Waals surface area contributed by atoms with Crippen molar-refractivity contribution in [1.29, 1.82) is 0 Å². The van der Waals surface area contributed by atoms with Crippen molar-refractivity contribution in [2.24, 2.45) is 0 Å². The second kappa shape index (κ2) is 9.20. The summed E-state index contributed by atoms with van der Waals surface area (Å²) >= 11 is 0. The highest BCUT2D eigenvalue weighted by molar-refractivity contribution is 5.95. The molecule has 1 unspecified atom stereocenters. The van der Waals surface area contributed by atoms with Crippen LogP contribution in [0.2, 0.25) is 0 Å². The number of rotatable bonds is 6. The number of benzene rings is 2. The maximum Gasteiger partial charge on any atom is 0.261 e. The molecule has 0 bridgehead atoms. The van der Waals surface area contributed by atoms with Gasteiger partial charge < -0.3 is 19.1 Å². The molecule has 2 aromatic carbocycles. The maximum absolute atomic E-state index is 12.9. The van der Waals surface area contributed by atoms with Gasteiger partial charge in [0, 0.05) is 24.9 Å². The van der Waals surface area contributed by atoms with Gasteiger partial charge in [-0.3, -0.25) is 9.59 Å². The number of Topliss-reactive ketones (excluding diaryl/α,β-unsaturated/α-hetero) is 1. The number of fused-ring (bicyclic) bond motifs is 1. The van der Waals surface area contributed by atoms with Gasteiger partial charge in [0.1, 0.15) is 5.75 Å². The normalized spacial score (nSPS) is 18.0. The highest BCUT2D eigenvalue weighted by Gasteiger charge is 2.31. The Kier molecular flexibility index (Phi) is 6.21. The maximum atomic E-state index is 12.9. The van der Waals surface area contributed by atoms with Crippen molar-refractivity contribution in [1.82, 2.24) is 4.90 Å². The average Bonchev–Trinajstić information content (AvgIpc) is 3.16. The topological polar surface area (TPSA) is 65.1 Å². The van der Waals surface area contributed by atoms with E-state index in [2.05, 4.69) is 0 Å². The monoisotopic (exact) mass is 409 g/mol. The number of ether oxygens (including phenoxy) is 3. The molecule has 1 atom stereocenters. The lowest BCUT2D eigenvalue weighted by molar-refractivity contribution is -0.134. The molecule has 1 amide bonds. The average molecular weight is 409 g/mol. The van der Waals surface area contributed by atoms with Crippen LogP contribution in [0.4, 0.5) is 0 Å². The van der Waals surface area contributed by atoms with Crippen LogP contribution in [0.1, 0.15) is 54.6 Å². The van der Waals surface area contributed by atoms with E-state index in [1.165, 1.54) is 0 Å². The Balaban J connectivity index is 1.40. The summed E-state index contributed by atoms with van der Waals surface area (Å²) in [7, 11) is 0. The molecule has 0 spiro atoms. The Labute approximate surface area is 176 Å². The molecule has 2 aliphatic heterocycles. The number of hydrogen-bond acceptors (Lipinski definition) is 5. The third kappa shape index (κ3) is 4.42. The number of hydrogen-bond donors (Lipinski definition) is 0. The van der Waals surface area contributed by atoms with Gasteiger partial charge in [-0.05, 0) is 54.8 Å². The standard InChI is InChI=1S/C24H27NO5/c1-2-21(26)17-6-9-19(10-7-17)30-16-24(27)25-12-3-5-20(25)18-8-11-22-23(15-18)29-14-4-13-28-22/h6-11,15,20H,2-5,12-14,16H2,1H3. The molecule has 6 heteroatoms. The lowest BCUT2D eigenvalue weighted by atomic mass is 10.0. The fraction of sp³-hybridized carbons (Fsp3) is 0.417. The molecule has 0 saturated carbocycles. The van der Waals surface area contributed by atoms with E-state index in [9.17, 15) is 9.59 Å². The summed E-state index contributed by atoms with van der Waals surface area (Å²) in [5, 5.41) is 0. The third-order valence-corrected chi connectivity index (χ3v) is 5.59. The molecule has 0 N–H and O–H groups in total. The van der Waals surface area contributed by atoms with E-state index >= 15 is 0 Å². The zero-order valence-electron chi connectivity index (χ0n) is 17.3. The molecule has 2 heterocycles. The Morgan fingerprint density at radius 1 is 1.03 bits per heavy atom. The van der Waals surface area contributed by atoms with Crippen molar-refractivity contribution in [2.75, 3.05) is 26.4 Å². The van der Waals surface area contributed by atoms with Crippen LogP contribution >= 0.6 is 0 Å². The van der Waals surface area contributed by atoms with E-state index in [1.54, 1.807) is 24.3 Å². The lowest BCUT2D eigenvalue weighted by Crippen LogP contribution is -2.34. The summed E-state index contributed by atoms with van der Waals surface area (Å²) in [6.07, 6.45) is 3.20. The molecule has 2 aromatic rings. The number of amides is 1. The Morgan fingerprint density at radius 2 is 1.80 bits per heavy atom. The van der Waals surface area contributed by atoms with E-state index in [0.29, 0.717) is 37.5 Å². The van der Waals surface area contributed by atoms with Crippen molar-refractivity contribution < 1.29 is 23.8 Å². The number of carbonyl (C=O) groups excluding carboxylic acids is 2. The van der Waals surface area contributed by atoms with Gasteiger partial charge in [0.15, 0.2) is 23.9 Å². The quantitative estimate of drug-likeness (QED) is 0.670. The summed E-state index contributed by atoms with van der Waals surface area (Å²) in [4.78, 5) is 26.5. The van der Waals surface area contributed by atoms with Crippen LogP contribution in [0.5, 0.6) is 17.2 Å². The summed E-state index contributed by atoms with van der Waals surface area (Å²) in [6, 6.07) is 12.9. The van der Waals surface area contributed by atoms with E-state index in [4.69, 9.17) is 14.2 Å². The van der Waals surface area contributed by atoms with Crippen molar-refractivity contribution in [3.63, 3.8) is 0 Å². The first-order chi connectivity index (χ1) is 14.7. The van der Waals surface area contributed by atoms with Crippen LogP contribution in [0.15, 0.2) is 42.5 Å². The molecule has 158 valence electrons. The van der Waals surface area contributed by atoms with Crippen LogP contribution in [0.3, 0.4) is 0 Å². The molecule has 1 saturated heterocycles. The van der Waals surface area contributed by atoms with Crippen LogP contribution in [-0.2, 0) is 4.79 Å². The number of likely N-dealkylation sites (tertiary alicyclic amines) is 1. The van der Waals surface area contributed by atoms with Gasteiger partial charge in [0.05, 0.1) is 19.3 Å². The minimum atomic E-state index is -0.0432. The van der Waals surface area contributed by atoms with E-state index in [-0.39, 0.29) is 24.3 Å². The number of ketones is 1. The molecule has 0 aromatic heterocycles. The van der Waals surface area contributed by atoms with Crippen LogP contribution in [-0.4, -0.2) is 43.0 Å². The Morgan fingerprint density at radius 3 is 2.57 bits per heavy atom. The van der Waals surface area contributed by atoms with E-state index < -0.39 is 0 Å². The molecule has 2 aliphatic rings. The van der Waals surface area contributed by atoms with Gasteiger partial charge in [-0.25, -0.2) is 0 Å². The van der Waals surface area contributed by atoms with Crippen molar-refractivity contribution in [3.05, 3.63) is 53.6 Å². The van der Waals surface area contributed by atoms with E-state index in [1.807, 2.05) is 30.0 Å². The largest absolute Gasteiger partial charge is 0.490 e. The molecule has 30 heavy (non-hydrogen) atoms. The summed E-state index contributed by atoms with van der Waals surface area (Å²) in [5.74, 6) is 2.15. The first-order valence-corrected chi connectivity index (χ1v) is 10.6. The minimum absolute atomic E-state index is 0.0165. The van der Waals surface area contributed by atoms with Gasteiger partial charge >= 0.3 is 0 Å². The zero-order valence-corrected chi connectivity index (χ0v) is 17.3. The zero-order chi connectivity index (χ0) is 20.9. The van der Waals surface area contributed by atoms with Gasteiger partial charge in [-0.2, -0.15) is 0 Å². The first-order valence-electron chi connectivity index (χ1n) is 10.6. The second-order valence-electron chi connectivity index (χ2n) is 7.59. The lowest BCUT2D eigenvalue weighted by Gasteiger charge is -2.25. The highest BCUT2D eigenvalue weighted by atomic mass is 16.5. The highest BCUT2D eigenvalue weighted by Crippen LogP contribution is 2.38. The molecule has 0 aliphatic carbocycles. The summed E-state index contributed by atoms with van der Waals surface area (Å²) in [6.45, 7) is 3.82. The predicted octanol–water partition coefficient (Wildman–Crippen LogP) is 4.18. The molecule has 0 radical (unpaired) electrons. The molecule has 4 rings (SSSR count). The molecular formula is C24H27NO5. The molecule has 6 nitrogen and oxygen atoms in total. The Hall–Kier alpha value is -3.02. The molecule has 1 fully saturated rings. The van der Waals surface area contributed by atoms with Gasteiger partial charge in [0.25, 0.3) is 5.91 Å². The minimum Gasteiger partial charge on any atom is -0.490 e. The third-order valence-electron chi connectivity index (χ3n) is 5.59. The fourth-order valence-electron chi connectivity index (χ4n) is 3.97. The van der Waals surface area contributed by atoms with Gasteiger partial charge in [-0.1, -0.05) is 13.0 Å². The van der Waals surface area contributed by atoms with Crippen molar-refractivity contribution >= 4 is 11.7 Å².